The van der Waals surface area contributed by atoms with Crippen molar-refractivity contribution in [1.82, 2.24) is 15.0 Å². The molecule has 9 nitrogen and oxygen atoms in total. The first kappa shape index (κ1) is 19.0. The van der Waals surface area contributed by atoms with Crippen LogP contribution < -0.4 is 0 Å². The molecule has 27 heavy (non-hydrogen) atoms. The SMILES string of the molecule is COC[C@H]1O[C@H](c2cnn(-c3ccccc3)n2)[C@@H](OC(C)=O)[C@H]1OC(C)=O. The highest BCUT2D eigenvalue weighted by Crippen LogP contribution is 2.36. The lowest BCUT2D eigenvalue weighted by Crippen LogP contribution is -2.39. The number of methoxy groups -OCH3 is 1. The Hall–Kier alpha value is -2.78. The van der Waals surface area contributed by atoms with E-state index in [1.54, 1.807) is 0 Å². The van der Waals surface area contributed by atoms with Crippen LogP contribution in [0.3, 0.4) is 0 Å². The maximum atomic E-state index is 11.6. The number of nitrogens with zero attached hydrogens (tertiary/aromatic N) is 3. The van der Waals surface area contributed by atoms with Crippen LogP contribution in [0.15, 0.2) is 36.5 Å². The molecule has 3 rings (SSSR count). The maximum absolute atomic E-state index is 11.6. The minimum absolute atomic E-state index is 0.166. The zero-order valence-electron chi connectivity index (χ0n) is 15.3. The minimum atomic E-state index is -0.854. The highest BCUT2D eigenvalue weighted by molar-refractivity contribution is 5.67. The van der Waals surface area contributed by atoms with Crippen LogP contribution in [0.4, 0.5) is 0 Å². The molecule has 1 aliphatic rings. The first-order valence-electron chi connectivity index (χ1n) is 8.46. The fourth-order valence-electron chi connectivity index (χ4n) is 3.01. The van der Waals surface area contributed by atoms with Crippen molar-refractivity contribution in [2.24, 2.45) is 0 Å². The van der Waals surface area contributed by atoms with Crippen molar-refractivity contribution in [2.75, 3.05) is 13.7 Å². The molecular weight excluding hydrogens is 354 g/mol. The number of carbonyl (C=O) groups excluding carboxylic acids is 2. The van der Waals surface area contributed by atoms with Crippen LogP contribution in [0, 0.1) is 0 Å². The van der Waals surface area contributed by atoms with Crippen LogP contribution >= 0.6 is 0 Å². The molecule has 1 aliphatic heterocycles. The highest BCUT2D eigenvalue weighted by Gasteiger charge is 2.50. The third kappa shape index (κ3) is 4.32. The molecule has 1 fully saturated rings. The molecule has 2 heterocycles. The number of carbonyl (C=O) groups is 2. The molecule has 9 heteroatoms. The Kier molecular flexibility index (Phi) is 5.82. The normalized spacial score (nSPS) is 24.6. The molecule has 1 saturated heterocycles. The second kappa shape index (κ2) is 8.28. The zero-order valence-corrected chi connectivity index (χ0v) is 15.3. The van der Waals surface area contributed by atoms with Gasteiger partial charge in [-0.1, -0.05) is 18.2 Å². The van der Waals surface area contributed by atoms with E-state index in [1.165, 1.54) is 32.0 Å². The smallest absolute Gasteiger partial charge is 0.303 e. The first-order chi connectivity index (χ1) is 13.0. The molecule has 0 aliphatic carbocycles. The zero-order chi connectivity index (χ0) is 19.4. The van der Waals surface area contributed by atoms with Crippen LogP contribution in [0.5, 0.6) is 0 Å². The molecule has 0 unspecified atom stereocenters. The third-order valence-electron chi connectivity index (χ3n) is 4.03. The Balaban J connectivity index is 1.91. The van der Waals surface area contributed by atoms with Gasteiger partial charge < -0.3 is 18.9 Å². The Morgan fingerprint density at radius 2 is 1.78 bits per heavy atom. The molecule has 2 aromatic rings. The summed E-state index contributed by atoms with van der Waals surface area (Å²) < 4.78 is 21.9. The van der Waals surface area contributed by atoms with Gasteiger partial charge in [0.05, 0.1) is 18.5 Å². The van der Waals surface area contributed by atoms with Crippen molar-refractivity contribution in [2.45, 2.75) is 38.3 Å². The maximum Gasteiger partial charge on any atom is 0.303 e. The Bertz CT molecular complexity index is 793. The fraction of sp³-hybridized carbons (Fsp3) is 0.444. The van der Waals surface area contributed by atoms with Gasteiger partial charge in [0.1, 0.15) is 17.9 Å². The van der Waals surface area contributed by atoms with E-state index in [9.17, 15) is 9.59 Å². The molecule has 0 bridgehead atoms. The lowest BCUT2D eigenvalue weighted by Gasteiger charge is -2.22. The van der Waals surface area contributed by atoms with Crippen LogP contribution in [-0.4, -0.2) is 59.0 Å². The van der Waals surface area contributed by atoms with Crippen LogP contribution in [0.2, 0.25) is 0 Å². The Labute approximate surface area is 156 Å². The highest BCUT2D eigenvalue weighted by atomic mass is 16.6. The predicted molar refractivity (Wildman–Crippen MR) is 92.0 cm³/mol. The third-order valence-corrected chi connectivity index (χ3v) is 4.03. The van der Waals surface area contributed by atoms with Crippen molar-refractivity contribution in [1.29, 1.82) is 0 Å². The standard InChI is InChI=1S/C18H21N3O6/c1-11(22)25-17-15(10-24-3)27-16(18(17)26-12(2)23)14-9-19-21(20-14)13-7-5-4-6-8-13/h4-9,15-18H,10H2,1-3H3/t15-,16-,17+,18-/m1/s1. The number of hydrogen-bond donors (Lipinski definition) is 0. The predicted octanol–water partition coefficient (Wildman–Crippen LogP) is 1.22. The van der Waals surface area contributed by atoms with Gasteiger partial charge in [0.15, 0.2) is 12.2 Å². The molecule has 0 radical (unpaired) electrons. The molecule has 144 valence electrons. The van der Waals surface area contributed by atoms with E-state index in [0.717, 1.165) is 5.69 Å². The number of esters is 2. The van der Waals surface area contributed by atoms with Gasteiger partial charge in [0, 0.05) is 21.0 Å². The van der Waals surface area contributed by atoms with E-state index in [2.05, 4.69) is 10.2 Å². The summed E-state index contributed by atoms with van der Waals surface area (Å²) in [6.07, 6.45) is -1.47. The molecule has 0 N–H and O–H groups in total. The van der Waals surface area contributed by atoms with Crippen molar-refractivity contribution in [3.8, 4) is 5.69 Å². The number of hydrogen-bond acceptors (Lipinski definition) is 8. The topological polar surface area (TPSA) is 102 Å². The van der Waals surface area contributed by atoms with Gasteiger partial charge in [0.2, 0.25) is 0 Å². The number of aromatic nitrogens is 3. The van der Waals surface area contributed by atoms with E-state index in [0.29, 0.717) is 5.69 Å². The van der Waals surface area contributed by atoms with Gasteiger partial charge in [-0.05, 0) is 12.1 Å². The average molecular weight is 375 g/mol. The fourth-order valence-corrected chi connectivity index (χ4v) is 3.01. The first-order valence-corrected chi connectivity index (χ1v) is 8.46. The van der Waals surface area contributed by atoms with Crippen molar-refractivity contribution in [3.63, 3.8) is 0 Å². The second-order valence-corrected chi connectivity index (χ2v) is 6.09. The molecule has 0 saturated carbocycles. The number of ether oxygens (including phenoxy) is 4. The number of rotatable bonds is 6. The van der Waals surface area contributed by atoms with E-state index in [-0.39, 0.29) is 6.61 Å². The Morgan fingerprint density at radius 1 is 1.11 bits per heavy atom. The average Bonchev–Trinajstić information content (AvgIpc) is 3.22. The largest absolute Gasteiger partial charge is 0.456 e. The summed E-state index contributed by atoms with van der Waals surface area (Å²) in [5, 5.41) is 8.68. The number of benzene rings is 1. The van der Waals surface area contributed by atoms with Gasteiger partial charge in [0.25, 0.3) is 0 Å². The second-order valence-electron chi connectivity index (χ2n) is 6.09. The molecule has 1 aromatic carbocycles. The van der Waals surface area contributed by atoms with Crippen LogP contribution in [-0.2, 0) is 28.5 Å². The van der Waals surface area contributed by atoms with Gasteiger partial charge in [-0.15, -0.1) is 0 Å². The molecule has 0 spiro atoms. The summed E-state index contributed by atoms with van der Waals surface area (Å²) in [5.41, 5.74) is 1.23. The summed E-state index contributed by atoms with van der Waals surface area (Å²) in [4.78, 5) is 24.6. The van der Waals surface area contributed by atoms with E-state index in [1.807, 2.05) is 30.3 Å². The van der Waals surface area contributed by atoms with E-state index < -0.39 is 36.4 Å². The summed E-state index contributed by atoms with van der Waals surface area (Å²) in [6, 6.07) is 9.36. The van der Waals surface area contributed by atoms with Crippen LogP contribution in [0.1, 0.15) is 25.6 Å². The van der Waals surface area contributed by atoms with E-state index >= 15 is 0 Å². The quantitative estimate of drug-likeness (QED) is 0.695. The number of para-hydroxylation sites is 1. The van der Waals surface area contributed by atoms with Crippen molar-refractivity contribution >= 4 is 11.9 Å². The summed E-state index contributed by atoms with van der Waals surface area (Å²) in [6.45, 7) is 2.74. The van der Waals surface area contributed by atoms with Crippen LogP contribution in [0.25, 0.3) is 5.69 Å². The lowest BCUT2D eigenvalue weighted by atomic mass is 10.1. The molecule has 4 atom stereocenters. The van der Waals surface area contributed by atoms with Crippen molar-refractivity contribution < 1.29 is 28.5 Å². The molecule has 0 amide bonds. The molecule has 1 aromatic heterocycles. The lowest BCUT2D eigenvalue weighted by molar-refractivity contribution is -0.164. The van der Waals surface area contributed by atoms with Gasteiger partial charge in [-0.25, -0.2) is 0 Å². The van der Waals surface area contributed by atoms with E-state index in [4.69, 9.17) is 18.9 Å². The van der Waals surface area contributed by atoms with Gasteiger partial charge >= 0.3 is 11.9 Å². The monoisotopic (exact) mass is 375 g/mol. The minimum Gasteiger partial charge on any atom is -0.456 e. The van der Waals surface area contributed by atoms with Crippen molar-refractivity contribution in [3.05, 3.63) is 42.2 Å². The summed E-state index contributed by atoms with van der Waals surface area (Å²) in [7, 11) is 1.51. The summed E-state index contributed by atoms with van der Waals surface area (Å²) in [5.74, 6) is -1.02. The summed E-state index contributed by atoms with van der Waals surface area (Å²) >= 11 is 0. The Morgan fingerprint density at radius 3 is 2.41 bits per heavy atom. The van der Waals surface area contributed by atoms with Gasteiger partial charge in [-0.3, -0.25) is 9.59 Å². The molecular formula is C18H21N3O6. The van der Waals surface area contributed by atoms with Gasteiger partial charge in [-0.2, -0.15) is 15.0 Å².